The second-order valence-corrected chi connectivity index (χ2v) is 10.2. The van der Waals surface area contributed by atoms with Crippen LogP contribution in [0.2, 0.25) is 0 Å². The molecule has 5 rings (SSSR count). The largest absolute Gasteiger partial charge is 0.444 e. The van der Waals surface area contributed by atoms with E-state index in [0.717, 1.165) is 52.6 Å². The molecule has 1 amide bonds. The van der Waals surface area contributed by atoms with Crippen molar-refractivity contribution in [2.24, 2.45) is 0 Å². The van der Waals surface area contributed by atoms with Crippen molar-refractivity contribution in [2.75, 3.05) is 0 Å². The molecule has 6 nitrogen and oxygen atoms in total. The molecule has 1 aliphatic carbocycles. The van der Waals surface area contributed by atoms with Crippen LogP contribution < -0.4 is 5.32 Å². The van der Waals surface area contributed by atoms with E-state index in [1.165, 1.54) is 0 Å². The number of hydrogen-bond acceptors (Lipinski definition) is 5. The molecule has 0 unspecified atom stereocenters. The van der Waals surface area contributed by atoms with Gasteiger partial charge in [-0.15, -0.1) is 0 Å². The topological polar surface area (TPSA) is 77.0 Å². The summed E-state index contributed by atoms with van der Waals surface area (Å²) in [5.74, 6) is 0.693. The van der Waals surface area contributed by atoms with E-state index in [0.29, 0.717) is 11.5 Å². The summed E-state index contributed by atoms with van der Waals surface area (Å²) in [4.78, 5) is 26.4. The summed E-state index contributed by atoms with van der Waals surface area (Å²) in [6.45, 7) is 7.50. The van der Waals surface area contributed by atoms with Crippen molar-refractivity contribution in [3.8, 4) is 22.4 Å². The number of fused-ring (bicyclic) bond motifs is 1. The van der Waals surface area contributed by atoms with E-state index >= 15 is 0 Å². The summed E-state index contributed by atoms with van der Waals surface area (Å²) in [5, 5.41) is 4.04. The van der Waals surface area contributed by atoms with Crippen LogP contribution in [0.5, 0.6) is 0 Å². The molecule has 0 atom stereocenters. The van der Waals surface area contributed by atoms with E-state index in [-0.39, 0.29) is 11.6 Å². The molecule has 1 N–H and O–H groups in total. The number of hydrogen-bond donors (Lipinski definition) is 1. The van der Waals surface area contributed by atoms with Crippen LogP contribution >= 0.6 is 0 Å². The number of carbonyl (C=O) groups is 1. The van der Waals surface area contributed by atoms with Crippen LogP contribution in [0.4, 0.5) is 4.79 Å². The molecule has 0 radical (unpaired) electrons. The second-order valence-electron chi connectivity index (χ2n) is 10.2. The lowest BCUT2D eigenvalue weighted by Gasteiger charge is -2.43. The Morgan fingerprint density at radius 1 is 0.971 bits per heavy atom. The van der Waals surface area contributed by atoms with Crippen LogP contribution in [-0.2, 0) is 10.3 Å². The third kappa shape index (κ3) is 4.74. The van der Waals surface area contributed by atoms with Crippen LogP contribution in [0, 0.1) is 6.92 Å². The number of aryl methyl sites for hydroxylation is 1. The number of amides is 1. The van der Waals surface area contributed by atoms with E-state index in [4.69, 9.17) is 9.72 Å². The number of aromatic nitrogens is 3. The van der Waals surface area contributed by atoms with Crippen molar-refractivity contribution in [1.82, 2.24) is 20.3 Å². The van der Waals surface area contributed by atoms with Gasteiger partial charge in [0.15, 0.2) is 5.65 Å². The molecule has 2 heterocycles. The first-order valence-electron chi connectivity index (χ1n) is 12.0. The summed E-state index contributed by atoms with van der Waals surface area (Å²) in [6, 6.07) is 20.7. The van der Waals surface area contributed by atoms with Gasteiger partial charge in [0.2, 0.25) is 0 Å². The zero-order chi connectivity index (χ0) is 24.6. The summed E-state index contributed by atoms with van der Waals surface area (Å²) >= 11 is 0. The molecule has 178 valence electrons. The maximum absolute atomic E-state index is 12.5. The summed E-state index contributed by atoms with van der Waals surface area (Å²) in [7, 11) is 0. The van der Waals surface area contributed by atoms with Crippen molar-refractivity contribution in [2.45, 2.75) is 58.1 Å². The first kappa shape index (κ1) is 23.0. The first-order chi connectivity index (χ1) is 16.7. The van der Waals surface area contributed by atoms with E-state index < -0.39 is 5.60 Å². The number of nitrogens with one attached hydrogen (secondary N) is 1. The maximum atomic E-state index is 12.5. The Morgan fingerprint density at radius 2 is 1.69 bits per heavy atom. The number of nitrogens with zero attached hydrogens (tertiary/aromatic N) is 3. The van der Waals surface area contributed by atoms with Gasteiger partial charge in [0, 0.05) is 22.7 Å². The lowest BCUT2D eigenvalue weighted by atomic mass is 9.71. The Balaban J connectivity index is 1.53. The predicted molar refractivity (Wildman–Crippen MR) is 138 cm³/mol. The lowest BCUT2D eigenvalue weighted by Crippen LogP contribution is -2.52. The van der Waals surface area contributed by atoms with Gasteiger partial charge in [0.05, 0.1) is 11.2 Å². The van der Waals surface area contributed by atoms with Crippen molar-refractivity contribution in [3.05, 3.63) is 78.2 Å². The Morgan fingerprint density at radius 3 is 2.31 bits per heavy atom. The average molecular weight is 467 g/mol. The number of ether oxygens (including phenoxy) is 1. The van der Waals surface area contributed by atoms with Gasteiger partial charge in [0.25, 0.3) is 0 Å². The van der Waals surface area contributed by atoms with Gasteiger partial charge in [-0.2, -0.15) is 0 Å². The number of rotatable bonds is 4. The predicted octanol–water partition coefficient (Wildman–Crippen LogP) is 6.57. The van der Waals surface area contributed by atoms with Gasteiger partial charge in [-0.3, -0.25) is 0 Å². The van der Waals surface area contributed by atoms with E-state index in [1.54, 1.807) is 0 Å². The van der Waals surface area contributed by atoms with Crippen molar-refractivity contribution >= 4 is 17.1 Å². The Labute approximate surface area is 205 Å². The fourth-order valence-corrected chi connectivity index (χ4v) is 4.57. The second kappa shape index (κ2) is 8.77. The minimum absolute atomic E-state index is 0.376. The Hall–Kier alpha value is -3.80. The highest BCUT2D eigenvalue weighted by Gasteiger charge is 2.41. The smallest absolute Gasteiger partial charge is 0.408 e. The molecule has 0 bridgehead atoms. The van der Waals surface area contributed by atoms with Gasteiger partial charge < -0.3 is 10.1 Å². The van der Waals surface area contributed by atoms with Crippen LogP contribution in [0.15, 0.2) is 66.9 Å². The summed E-state index contributed by atoms with van der Waals surface area (Å²) in [5.41, 5.74) is 4.83. The van der Waals surface area contributed by atoms with E-state index in [9.17, 15) is 4.79 Å². The van der Waals surface area contributed by atoms with Crippen LogP contribution in [0.3, 0.4) is 0 Å². The fourth-order valence-electron chi connectivity index (χ4n) is 4.57. The van der Waals surface area contributed by atoms with Crippen molar-refractivity contribution < 1.29 is 9.53 Å². The highest BCUT2D eigenvalue weighted by atomic mass is 16.6. The Kier molecular flexibility index (Phi) is 5.75. The molecular weight excluding hydrogens is 436 g/mol. The molecule has 4 aromatic rings. The monoisotopic (exact) mass is 466 g/mol. The van der Waals surface area contributed by atoms with Gasteiger partial charge in [0.1, 0.15) is 11.4 Å². The fraction of sp³-hybridized carbons (Fsp3) is 0.310. The van der Waals surface area contributed by atoms with Gasteiger partial charge in [-0.05, 0) is 64.2 Å². The van der Waals surface area contributed by atoms with Crippen LogP contribution in [0.1, 0.15) is 51.4 Å². The zero-order valence-corrected chi connectivity index (χ0v) is 20.6. The highest BCUT2D eigenvalue weighted by molar-refractivity contribution is 5.89. The zero-order valence-electron chi connectivity index (χ0n) is 20.6. The number of pyridine rings is 1. The number of benzene rings is 2. The van der Waals surface area contributed by atoms with Crippen molar-refractivity contribution in [1.29, 1.82) is 0 Å². The number of alkyl carbamates (subject to hydrolysis) is 1. The Bertz CT molecular complexity index is 1370. The summed E-state index contributed by atoms with van der Waals surface area (Å²) < 4.78 is 5.53. The molecular formula is C29H30N4O2. The minimum Gasteiger partial charge on any atom is -0.444 e. The van der Waals surface area contributed by atoms with Crippen LogP contribution in [-0.4, -0.2) is 26.6 Å². The maximum Gasteiger partial charge on any atom is 0.408 e. The normalized spacial score (nSPS) is 14.9. The first-order valence-corrected chi connectivity index (χ1v) is 12.0. The molecule has 6 heteroatoms. The van der Waals surface area contributed by atoms with Gasteiger partial charge in [-0.25, -0.2) is 19.7 Å². The van der Waals surface area contributed by atoms with Gasteiger partial charge >= 0.3 is 6.09 Å². The lowest BCUT2D eigenvalue weighted by molar-refractivity contribution is 0.0377. The molecule has 2 aromatic carbocycles. The minimum atomic E-state index is -0.531. The SMILES string of the molecule is Cc1ncc2cc(-c3ccccc3)c(-c3ccc(C4(NC(=O)OC(C)(C)C)CCC4)cc3)nc2n1. The summed E-state index contributed by atoms with van der Waals surface area (Å²) in [6.07, 6.45) is 4.31. The quantitative estimate of drug-likeness (QED) is 0.368. The molecule has 0 aliphatic heterocycles. The molecule has 2 aromatic heterocycles. The van der Waals surface area contributed by atoms with E-state index in [2.05, 4.69) is 57.7 Å². The molecule has 1 saturated carbocycles. The third-order valence-electron chi connectivity index (χ3n) is 6.43. The third-order valence-corrected chi connectivity index (χ3v) is 6.43. The molecule has 1 aliphatic rings. The van der Waals surface area contributed by atoms with E-state index in [1.807, 2.05) is 52.1 Å². The average Bonchev–Trinajstić information content (AvgIpc) is 2.80. The molecule has 0 saturated heterocycles. The molecule has 1 fully saturated rings. The van der Waals surface area contributed by atoms with Crippen LogP contribution in [0.25, 0.3) is 33.4 Å². The van der Waals surface area contributed by atoms with Gasteiger partial charge in [-0.1, -0.05) is 54.6 Å². The molecule has 35 heavy (non-hydrogen) atoms. The highest BCUT2D eigenvalue weighted by Crippen LogP contribution is 2.42. The molecule has 0 spiro atoms. The van der Waals surface area contributed by atoms with Crippen molar-refractivity contribution in [3.63, 3.8) is 0 Å². The standard InChI is InChI=1S/C29H30N4O2/c1-19-30-18-22-17-24(20-9-6-5-7-10-20)25(32-26(22)31-19)21-11-13-23(14-12-21)29(15-8-16-29)33-27(34)35-28(2,3)4/h5-7,9-14,17-18H,8,15-16H2,1-4H3,(H,33,34). The number of carbonyl (C=O) groups excluding carboxylic acids is 1.